The van der Waals surface area contributed by atoms with Gasteiger partial charge in [0.15, 0.2) is 0 Å². The molecule has 2 aromatic rings. The van der Waals surface area contributed by atoms with Gasteiger partial charge in [0.2, 0.25) is 0 Å². The van der Waals surface area contributed by atoms with Gasteiger partial charge in [0.25, 0.3) is 0 Å². The Bertz CT molecular complexity index is 562. The largest absolute Gasteiger partial charge is 0.478 e. The maximum Gasteiger partial charge on any atom is 0.335 e. The lowest BCUT2D eigenvalue weighted by Crippen LogP contribution is -2.01. The second kappa shape index (κ2) is 4.37. The van der Waals surface area contributed by atoms with Crippen molar-refractivity contribution in [2.75, 3.05) is 0 Å². The third kappa shape index (κ3) is 2.18. The molecule has 0 saturated heterocycles. The van der Waals surface area contributed by atoms with Crippen molar-refractivity contribution in [2.24, 2.45) is 0 Å². The minimum Gasteiger partial charge on any atom is -0.478 e. The number of hydrogen-bond donors (Lipinski definition) is 1. The van der Waals surface area contributed by atoms with Crippen molar-refractivity contribution in [3.05, 3.63) is 53.2 Å². The second-order valence-corrected chi connectivity index (χ2v) is 4.00. The molecule has 0 bridgehead atoms. The SMILES string of the molecule is Cc1cc(C)c(-c2ccccn2)cc1C(=O)O. The Hall–Kier alpha value is -2.16. The first-order chi connectivity index (χ1) is 8.09. The van der Waals surface area contributed by atoms with Crippen molar-refractivity contribution < 1.29 is 9.90 Å². The summed E-state index contributed by atoms with van der Waals surface area (Å²) >= 11 is 0. The summed E-state index contributed by atoms with van der Waals surface area (Å²) in [5.41, 5.74) is 3.80. The predicted molar refractivity (Wildman–Crippen MR) is 66.1 cm³/mol. The number of nitrogens with zero attached hydrogens (tertiary/aromatic N) is 1. The highest BCUT2D eigenvalue weighted by Crippen LogP contribution is 2.24. The number of carboxylic acid groups (broad SMARTS) is 1. The van der Waals surface area contributed by atoms with Crippen LogP contribution in [0.25, 0.3) is 11.3 Å². The summed E-state index contributed by atoms with van der Waals surface area (Å²) in [5, 5.41) is 9.11. The minimum absolute atomic E-state index is 0.330. The van der Waals surface area contributed by atoms with E-state index in [9.17, 15) is 4.79 Å². The lowest BCUT2D eigenvalue weighted by Gasteiger charge is -2.09. The predicted octanol–water partition coefficient (Wildman–Crippen LogP) is 3.06. The third-order valence-corrected chi connectivity index (χ3v) is 2.74. The fourth-order valence-corrected chi connectivity index (χ4v) is 1.88. The molecule has 0 saturated carbocycles. The molecule has 3 heteroatoms. The molecular weight excluding hydrogens is 214 g/mol. The van der Waals surface area contributed by atoms with Gasteiger partial charge < -0.3 is 5.11 Å². The topological polar surface area (TPSA) is 50.2 Å². The maximum absolute atomic E-state index is 11.1. The Morgan fingerprint density at radius 1 is 1.18 bits per heavy atom. The molecule has 0 atom stereocenters. The van der Waals surface area contributed by atoms with Crippen molar-refractivity contribution in [3.8, 4) is 11.3 Å². The molecule has 0 spiro atoms. The third-order valence-electron chi connectivity index (χ3n) is 2.74. The van der Waals surface area contributed by atoms with Crippen molar-refractivity contribution in [3.63, 3.8) is 0 Å². The highest BCUT2D eigenvalue weighted by atomic mass is 16.4. The van der Waals surface area contributed by atoms with E-state index in [1.165, 1.54) is 0 Å². The van der Waals surface area contributed by atoms with Crippen molar-refractivity contribution >= 4 is 5.97 Å². The lowest BCUT2D eigenvalue weighted by molar-refractivity contribution is 0.0696. The van der Waals surface area contributed by atoms with Crippen LogP contribution in [0.2, 0.25) is 0 Å². The molecule has 3 nitrogen and oxygen atoms in total. The van der Waals surface area contributed by atoms with Crippen LogP contribution in [0, 0.1) is 13.8 Å². The quantitative estimate of drug-likeness (QED) is 0.857. The number of aromatic carboxylic acids is 1. The molecular formula is C14H13NO2. The highest BCUT2D eigenvalue weighted by Gasteiger charge is 2.11. The first kappa shape index (κ1) is 11.3. The monoisotopic (exact) mass is 227 g/mol. The van der Waals surface area contributed by atoms with E-state index in [2.05, 4.69) is 4.98 Å². The number of aryl methyl sites for hydroxylation is 2. The van der Waals surface area contributed by atoms with Crippen molar-refractivity contribution in [2.45, 2.75) is 13.8 Å². The Labute approximate surface area is 99.8 Å². The molecule has 1 aromatic carbocycles. The molecule has 0 aliphatic heterocycles. The number of hydrogen-bond acceptors (Lipinski definition) is 2. The number of pyridine rings is 1. The molecule has 0 amide bonds. The van der Waals surface area contributed by atoms with Crippen LogP contribution in [0.3, 0.4) is 0 Å². The summed E-state index contributed by atoms with van der Waals surface area (Å²) < 4.78 is 0. The van der Waals surface area contributed by atoms with Gasteiger partial charge in [0, 0.05) is 11.8 Å². The average Bonchev–Trinajstić information content (AvgIpc) is 2.29. The minimum atomic E-state index is -0.903. The van der Waals surface area contributed by atoms with Gasteiger partial charge in [-0.25, -0.2) is 4.79 Å². The molecule has 2 rings (SSSR count). The Morgan fingerprint density at radius 2 is 1.94 bits per heavy atom. The molecule has 1 N–H and O–H groups in total. The van der Waals surface area contributed by atoms with E-state index in [-0.39, 0.29) is 0 Å². The van der Waals surface area contributed by atoms with E-state index in [1.807, 2.05) is 31.2 Å². The van der Waals surface area contributed by atoms with E-state index in [0.29, 0.717) is 5.56 Å². The molecule has 1 heterocycles. The molecule has 0 unspecified atom stereocenters. The zero-order chi connectivity index (χ0) is 12.4. The fourth-order valence-electron chi connectivity index (χ4n) is 1.88. The summed E-state index contributed by atoms with van der Waals surface area (Å²) in [4.78, 5) is 15.3. The Morgan fingerprint density at radius 3 is 2.53 bits per heavy atom. The number of carbonyl (C=O) groups is 1. The van der Waals surface area contributed by atoms with Crippen LogP contribution in [0.5, 0.6) is 0 Å². The van der Waals surface area contributed by atoms with Gasteiger partial charge in [0.05, 0.1) is 11.3 Å². The van der Waals surface area contributed by atoms with E-state index in [4.69, 9.17) is 5.11 Å². The Balaban J connectivity index is 2.63. The number of aromatic nitrogens is 1. The van der Waals surface area contributed by atoms with E-state index >= 15 is 0 Å². The normalized spacial score (nSPS) is 10.2. The zero-order valence-electron chi connectivity index (χ0n) is 9.77. The van der Waals surface area contributed by atoms with Gasteiger partial charge in [-0.05, 0) is 43.2 Å². The second-order valence-electron chi connectivity index (χ2n) is 4.00. The van der Waals surface area contributed by atoms with Gasteiger partial charge in [-0.2, -0.15) is 0 Å². The summed E-state index contributed by atoms with van der Waals surface area (Å²) in [7, 11) is 0. The fraction of sp³-hybridized carbons (Fsp3) is 0.143. The summed E-state index contributed by atoms with van der Waals surface area (Å²) in [5.74, 6) is -0.903. The zero-order valence-corrected chi connectivity index (χ0v) is 9.77. The molecule has 17 heavy (non-hydrogen) atoms. The first-order valence-electron chi connectivity index (χ1n) is 5.35. The van der Waals surface area contributed by atoms with Crippen LogP contribution in [0.1, 0.15) is 21.5 Å². The molecule has 0 aliphatic rings. The van der Waals surface area contributed by atoms with E-state index in [1.54, 1.807) is 19.2 Å². The molecule has 86 valence electrons. The molecule has 0 radical (unpaired) electrons. The van der Waals surface area contributed by atoms with E-state index < -0.39 is 5.97 Å². The van der Waals surface area contributed by atoms with Crippen LogP contribution in [0.15, 0.2) is 36.5 Å². The van der Waals surface area contributed by atoms with Crippen LogP contribution in [-0.2, 0) is 0 Å². The van der Waals surface area contributed by atoms with Gasteiger partial charge in [-0.1, -0.05) is 12.1 Å². The molecule has 0 aliphatic carbocycles. The summed E-state index contributed by atoms with van der Waals surface area (Å²) in [6.07, 6.45) is 1.70. The maximum atomic E-state index is 11.1. The smallest absolute Gasteiger partial charge is 0.335 e. The standard InChI is InChI=1S/C14H13NO2/c1-9-7-10(2)12(14(16)17)8-11(9)13-5-3-4-6-15-13/h3-8H,1-2H3,(H,16,17). The Kier molecular flexibility index (Phi) is 2.91. The van der Waals surface area contributed by atoms with Crippen LogP contribution in [0.4, 0.5) is 0 Å². The number of carboxylic acids is 1. The average molecular weight is 227 g/mol. The van der Waals surface area contributed by atoms with Crippen molar-refractivity contribution in [1.82, 2.24) is 4.98 Å². The van der Waals surface area contributed by atoms with Crippen LogP contribution in [-0.4, -0.2) is 16.1 Å². The molecule has 0 fully saturated rings. The van der Waals surface area contributed by atoms with Gasteiger partial charge in [-0.3, -0.25) is 4.98 Å². The number of rotatable bonds is 2. The van der Waals surface area contributed by atoms with Crippen LogP contribution < -0.4 is 0 Å². The van der Waals surface area contributed by atoms with Crippen molar-refractivity contribution in [1.29, 1.82) is 0 Å². The highest BCUT2D eigenvalue weighted by molar-refractivity contribution is 5.91. The van der Waals surface area contributed by atoms with E-state index in [0.717, 1.165) is 22.4 Å². The molecule has 1 aromatic heterocycles. The van der Waals surface area contributed by atoms with Gasteiger partial charge in [-0.15, -0.1) is 0 Å². The first-order valence-corrected chi connectivity index (χ1v) is 5.35. The lowest BCUT2D eigenvalue weighted by atomic mass is 9.98. The van der Waals surface area contributed by atoms with Gasteiger partial charge in [0.1, 0.15) is 0 Å². The van der Waals surface area contributed by atoms with Crippen LogP contribution >= 0.6 is 0 Å². The summed E-state index contributed by atoms with van der Waals surface area (Å²) in [6.45, 7) is 3.77. The number of benzene rings is 1. The summed E-state index contributed by atoms with van der Waals surface area (Å²) in [6, 6.07) is 9.18. The van der Waals surface area contributed by atoms with Gasteiger partial charge >= 0.3 is 5.97 Å².